The molecule has 10 aromatic rings. The fourth-order valence-corrected chi connectivity index (χ4v) is 8.19. The van der Waals surface area contributed by atoms with Gasteiger partial charge in [-0.1, -0.05) is 158 Å². The second-order valence-corrected chi connectivity index (χ2v) is 14.2. The third-order valence-corrected chi connectivity index (χ3v) is 10.8. The molecule has 260 valence electrons. The van der Waals surface area contributed by atoms with Gasteiger partial charge in [-0.3, -0.25) is 0 Å². The van der Waals surface area contributed by atoms with Crippen LogP contribution in [0.25, 0.3) is 77.2 Å². The molecule has 1 heterocycles. The summed E-state index contributed by atoms with van der Waals surface area (Å²) in [6, 6.07) is 74.0. The first-order chi connectivity index (χ1) is 27.2. The number of hydrogen-bond donors (Lipinski definition) is 0. The first-order valence-corrected chi connectivity index (χ1v) is 18.8. The Morgan fingerprint density at radius 2 is 0.945 bits per heavy atom. The van der Waals surface area contributed by atoms with E-state index in [1.165, 1.54) is 66.2 Å². The highest BCUT2D eigenvalue weighted by Crippen LogP contribution is 2.44. The summed E-state index contributed by atoms with van der Waals surface area (Å²) < 4.78 is 6.51. The van der Waals surface area contributed by atoms with Crippen molar-refractivity contribution >= 4 is 49.8 Å². The molecule has 2 heteroatoms. The van der Waals surface area contributed by atoms with Crippen LogP contribution in [-0.2, 0) is 0 Å². The predicted molar refractivity (Wildman–Crippen MR) is 232 cm³/mol. The number of nitrogens with zero attached hydrogens (tertiary/aromatic N) is 1. The molecule has 0 N–H and O–H groups in total. The van der Waals surface area contributed by atoms with E-state index in [1.54, 1.807) is 0 Å². The van der Waals surface area contributed by atoms with Crippen molar-refractivity contribution in [2.45, 2.75) is 6.92 Å². The predicted octanol–water partition coefficient (Wildman–Crippen LogP) is 15.2. The third kappa shape index (κ3) is 5.85. The molecule has 55 heavy (non-hydrogen) atoms. The minimum absolute atomic E-state index is 0.872. The van der Waals surface area contributed by atoms with Crippen molar-refractivity contribution < 1.29 is 4.42 Å². The van der Waals surface area contributed by atoms with Gasteiger partial charge in [0.25, 0.3) is 0 Å². The summed E-state index contributed by atoms with van der Waals surface area (Å²) in [5.41, 5.74) is 15.7. The van der Waals surface area contributed by atoms with Crippen molar-refractivity contribution in [3.05, 3.63) is 212 Å². The monoisotopic (exact) mass is 703 g/mol. The zero-order chi connectivity index (χ0) is 36.7. The molecule has 0 aliphatic heterocycles. The zero-order valence-electron chi connectivity index (χ0n) is 30.5. The van der Waals surface area contributed by atoms with Crippen LogP contribution in [0, 0.1) is 6.92 Å². The molecule has 0 unspecified atom stereocenters. The van der Waals surface area contributed by atoms with E-state index in [0.29, 0.717) is 0 Å². The Morgan fingerprint density at radius 3 is 1.69 bits per heavy atom. The van der Waals surface area contributed by atoms with E-state index in [0.717, 1.165) is 33.6 Å². The van der Waals surface area contributed by atoms with E-state index in [9.17, 15) is 0 Å². The van der Waals surface area contributed by atoms with Gasteiger partial charge < -0.3 is 9.32 Å². The molecule has 9 aromatic carbocycles. The van der Waals surface area contributed by atoms with Gasteiger partial charge >= 0.3 is 0 Å². The van der Waals surface area contributed by atoms with Gasteiger partial charge in [0.15, 0.2) is 0 Å². The Morgan fingerprint density at radius 1 is 0.364 bits per heavy atom. The normalized spacial score (nSPS) is 11.4. The highest BCUT2D eigenvalue weighted by Gasteiger charge is 2.20. The Hall–Kier alpha value is -7.16. The lowest BCUT2D eigenvalue weighted by molar-refractivity contribution is 0.669. The van der Waals surface area contributed by atoms with Crippen molar-refractivity contribution in [2.75, 3.05) is 4.90 Å². The maximum absolute atomic E-state index is 6.51. The number of anilines is 3. The molecule has 0 radical (unpaired) electrons. The summed E-state index contributed by atoms with van der Waals surface area (Å²) >= 11 is 0. The smallest absolute Gasteiger partial charge is 0.137 e. The second kappa shape index (κ2) is 13.7. The molecule has 0 bridgehead atoms. The van der Waals surface area contributed by atoms with Gasteiger partial charge in [-0.05, 0) is 110 Å². The van der Waals surface area contributed by atoms with Gasteiger partial charge in [0.1, 0.15) is 11.2 Å². The summed E-state index contributed by atoms with van der Waals surface area (Å²) in [4.78, 5) is 2.35. The second-order valence-electron chi connectivity index (χ2n) is 14.2. The largest absolute Gasteiger partial charge is 0.456 e. The lowest BCUT2D eigenvalue weighted by Gasteiger charge is -2.27. The van der Waals surface area contributed by atoms with Crippen LogP contribution in [0.5, 0.6) is 0 Å². The Bertz CT molecular complexity index is 2960. The molecule has 1 aromatic heterocycles. The van der Waals surface area contributed by atoms with Gasteiger partial charge in [0.2, 0.25) is 0 Å². The lowest BCUT2D eigenvalue weighted by Crippen LogP contribution is -2.10. The van der Waals surface area contributed by atoms with Crippen LogP contribution in [0.4, 0.5) is 17.1 Å². The Kier molecular flexibility index (Phi) is 8.08. The summed E-state index contributed by atoms with van der Waals surface area (Å²) in [7, 11) is 0. The molecule has 0 aliphatic carbocycles. The average molecular weight is 704 g/mol. The van der Waals surface area contributed by atoms with Gasteiger partial charge in [-0.15, -0.1) is 0 Å². The lowest BCUT2D eigenvalue weighted by atomic mass is 9.89. The molecular formula is C53H37NO. The highest BCUT2D eigenvalue weighted by atomic mass is 16.3. The first kappa shape index (κ1) is 32.5. The van der Waals surface area contributed by atoms with Crippen LogP contribution in [0.3, 0.4) is 0 Å². The van der Waals surface area contributed by atoms with Crippen molar-refractivity contribution in [1.29, 1.82) is 0 Å². The SMILES string of the molecule is Cc1cccc2oc3cc(N(c4ccc(-c5ccc6ccccc6c5-c5ccccc5)cc4)c4ccc(-c5ccccc5)c(-c5ccccc5)c4)ccc3c12. The van der Waals surface area contributed by atoms with Crippen molar-refractivity contribution in [2.24, 2.45) is 0 Å². The number of aryl methyl sites for hydroxylation is 1. The standard InChI is InChI=1S/C53H37NO/c1-36-14-13-23-50-52(36)48-33-30-44(35-51(48)55-50)54(43-29-32-45(37-15-5-2-6-16-37)49(34-43)38-17-7-3-8-18-38)42-27-24-40(25-28-42)47-31-26-39-19-11-12-22-46(39)53(47)41-20-9-4-10-21-41/h2-35H,1H3. The first-order valence-electron chi connectivity index (χ1n) is 18.8. The number of furan rings is 1. The van der Waals surface area contributed by atoms with Crippen molar-refractivity contribution in [1.82, 2.24) is 0 Å². The van der Waals surface area contributed by atoms with Crippen molar-refractivity contribution in [3.8, 4) is 44.5 Å². The molecule has 0 fully saturated rings. The van der Waals surface area contributed by atoms with E-state index < -0.39 is 0 Å². The molecule has 0 saturated heterocycles. The quantitative estimate of drug-likeness (QED) is 0.164. The fraction of sp³-hybridized carbons (Fsp3) is 0.0189. The Labute approximate surface area is 321 Å². The minimum atomic E-state index is 0.872. The van der Waals surface area contributed by atoms with E-state index in [1.807, 2.05) is 0 Å². The van der Waals surface area contributed by atoms with Gasteiger partial charge in [-0.25, -0.2) is 0 Å². The van der Waals surface area contributed by atoms with Crippen LogP contribution >= 0.6 is 0 Å². The molecule has 0 spiro atoms. The number of rotatable bonds is 7. The zero-order valence-corrected chi connectivity index (χ0v) is 30.5. The number of benzene rings is 9. The summed E-state index contributed by atoms with van der Waals surface area (Å²) in [6.45, 7) is 2.15. The van der Waals surface area contributed by atoms with E-state index in [4.69, 9.17) is 4.42 Å². The molecule has 10 rings (SSSR count). The molecule has 0 amide bonds. The average Bonchev–Trinajstić information content (AvgIpc) is 3.64. The molecule has 0 saturated carbocycles. The molecular weight excluding hydrogens is 667 g/mol. The van der Waals surface area contributed by atoms with Crippen LogP contribution in [0.15, 0.2) is 211 Å². The van der Waals surface area contributed by atoms with E-state index >= 15 is 0 Å². The van der Waals surface area contributed by atoms with Crippen LogP contribution in [-0.4, -0.2) is 0 Å². The van der Waals surface area contributed by atoms with Crippen LogP contribution in [0.2, 0.25) is 0 Å². The van der Waals surface area contributed by atoms with Gasteiger partial charge in [0, 0.05) is 33.9 Å². The molecule has 0 aliphatic rings. The number of hydrogen-bond acceptors (Lipinski definition) is 2. The highest BCUT2D eigenvalue weighted by molar-refractivity contribution is 6.08. The fourth-order valence-electron chi connectivity index (χ4n) is 8.19. The van der Waals surface area contributed by atoms with Gasteiger partial charge in [-0.2, -0.15) is 0 Å². The third-order valence-electron chi connectivity index (χ3n) is 10.8. The van der Waals surface area contributed by atoms with Gasteiger partial charge in [0.05, 0.1) is 0 Å². The summed E-state index contributed by atoms with van der Waals surface area (Å²) in [5, 5.41) is 4.78. The van der Waals surface area contributed by atoms with Crippen LogP contribution in [0.1, 0.15) is 5.56 Å². The van der Waals surface area contributed by atoms with E-state index in [-0.39, 0.29) is 0 Å². The molecule has 0 atom stereocenters. The van der Waals surface area contributed by atoms with Crippen molar-refractivity contribution in [3.63, 3.8) is 0 Å². The van der Waals surface area contributed by atoms with E-state index in [2.05, 4.69) is 218 Å². The van der Waals surface area contributed by atoms with Crippen LogP contribution < -0.4 is 4.90 Å². The maximum atomic E-state index is 6.51. The maximum Gasteiger partial charge on any atom is 0.137 e. The number of fused-ring (bicyclic) bond motifs is 4. The Balaban J connectivity index is 1.16. The minimum Gasteiger partial charge on any atom is -0.456 e. The summed E-state index contributed by atoms with van der Waals surface area (Å²) in [6.07, 6.45) is 0. The molecule has 2 nitrogen and oxygen atoms in total. The topological polar surface area (TPSA) is 16.4 Å². The summed E-state index contributed by atoms with van der Waals surface area (Å²) in [5.74, 6) is 0.